The summed E-state index contributed by atoms with van der Waals surface area (Å²) >= 11 is 0. The molecule has 0 spiro atoms. The Kier molecular flexibility index (Phi) is 11.9. The second-order valence-corrected chi connectivity index (χ2v) is 8.80. The van der Waals surface area contributed by atoms with E-state index in [1.54, 1.807) is 6.07 Å². The summed E-state index contributed by atoms with van der Waals surface area (Å²) in [5, 5.41) is 13.7. The lowest BCUT2D eigenvalue weighted by molar-refractivity contribution is 0.0938. The molecule has 2 unspecified atom stereocenters. The fourth-order valence-corrected chi connectivity index (χ4v) is 3.74. The Morgan fingerprint density at radius 2 is 1.52 bits per heavy atom. The molecule has 27 heavy (non-hydrogen) atoms. The lowest BCUT2D eigenvalue weighted by Crippen LogP contribution is -2.32. The van der Waals surface area contributed by atoms with Crippen LogP contribution in [-0.4, -0.2) is 24.1 Å². The normalized spacial score (nSPS) is 14.4. The van der Waals surface area contributed by atoms with Crippen LogP contribution in [0.2, 0.25) is 0 Å². The molecule has 0 saturated carbocycles. The Labute approximate surface area is 164 Å². The van der Waals surface area contributed by atoms with Gasteiger partial charge in [0.05, 0.1) is 0 Å². The second kappa shape index (κ2) is 13.3. The fraction of sp³-hybridized carbons (Fsp3) is 0.800. The zero-order chi connectivity index (χ0) is 20.1. The predicted molar refractivity (Wildman–Crippen MR) is 108 cm³/mol. The molecule has 1 heterocycles. The van der Waals surface area contributed by atoms with Gasteiger partial charge in [0.15, 0.2) is 6.23 Å². The topological polar surface area (TPSA) is 99.8 Å². The highest BCUT2D eigenvalue weighted by Gasteiger charge is 2.19. The van der Waals surface area contributed by atoms with Crippen LogP contribution < -0.4 is 5.32 Å². The SMILES string of the molecule is CCCCCCCC(CCCCCC)NC(O)c1ccc(CS(=O)(=O)O)o1. The van der Waals surface area contributed by atoms with Gasteiger partial charge in [-0.05, 0) is 25.0 Å². The maximum absolute atomic E-state index is 10.9. The van der Waals surface area contributed by atoms with Crippen LogP contribution in [0.1, 0.15) is 102 Å². The summed E-state index contributed by atoms with van der Waals surface area (Å²) in [6.07, 6.45) is 11.8. The van der Waals surface area contributed by atoms with Crippen LogP contribution in [0.25, 0.3) is 0 Å². The van der Waals surface area contributed by atoms with E-state index >= 15 is 0 Å². The van der Waals surface area contributed by atoms with E-state index in [0.29, 0.717) is 0 Å². The molecule has 0 aliphatic rings. The third-order valence-corrected chi connectivity index (χ3v) is 5.38. The Balaban J connectivity index is 2.54. The average Bonchev–Trinajstić information content (AvgIpc) is 3.04. The molecule has 3 N–H and O–H groups in total. The van der Waals surface area contributed by atoms with Gasteiger partial charge in [0.2, 0.25) is 0 Å². The standard InChI is InChI=1S/C20H37NO5S/c1-3-5-7-9-11-13-17(12-10-8-6-4-2)21-20(22)19-15-14-18(26-19)16-27(23,24)25/h14-15,17,20-22H,3-13,16H2,1-2H3,(H,23,24,25). The third-order valence-electron chi connectivity index (χ3n) is 4.73. The first-order valence-electron chi connectivity index (χ1n) is 10.3. The molecule has 7 heteroatoms. The van der Waals surface area contributed by atoms with Gasteiger partial charge in [-0.25, -0.2) is 0 Å². The van der Waals surface area contributed by atoms with Gasteiger partial charge in [0.25, 0.3) is 10.1 Å². The van der Waals surface area contributed by atoms with E-state index in [9.17, 15) is 13.5 Å². The quantitative estimate of drug-likeness (QED) is 0.205. The minimum absolute atomic E-state index is 0.118. The van der Waals surface area contributed by atoms with Gasteiger partial charge in [0.1, 0.15) is 17.3 Å². The zero-order valence-corrected chi connectivity index (χ0v) is 17.6. The molecule has 1 rings (SSSR count). The van der Waals surface area contributed by atoms with Gasteiger partial charge in [-0.1, -0.05) is 71.6 Å². The van der Waals surface area contributed by atoms with Crippen LogP contribution in [0.3, 0.4) is 0 Å². The highest BCUT2D eigenvalue weighted by atomic mass is 32.2. The number of furan rings is 1. The molecule has 1 aromatic rings. The van der Waals surface area contributed by atoms with Crippen molar-refractivity contribution in [3.05, 3.63) is 23.7 Å². The maximum atomic E-state index is 10.9. The van der Waals surface area contributed by atoms with Gasteiger partial charge < -0.3 is 9.52 Å². The van der Waals surface area contributed by atoms with E-state index in [1.807, 2.05) is 0 Å². The molecule has 0 amide bonds. The average molecular weight is 404 g/mol. The van der Waals surface area contributed by atoms with E-state index < -0.39 is 22.1 Å². The monoisotopic (exact) mass is 403 g/mol. The Morgan fingerprint density at radius 1 is 0.963 bits per heavy atom. The van der Waals surface area contributed by atoms with E-state index in [0.717, 1.165) is 25.7 Å². The van der Waals surface area contributed by atoms with Crippen LogP contribution in [0, 0.1) is 0 Å². The molecule has 6 nitrogen and oxygen atoms in total. The molecule has 0 bridgehead atoms. The Morgan fingerprint density at radius 3 is 2.07 bits per heavy atom. The largest absolute Gasteiger partial charge is 0.461 e. The number of aliphatic hydroxyl groups is 1. The summed E-state index contributed by atoms with van der Waals surface area (Å²) < 4.78 is 36.1. The van der Waals surface area contributed by atoms with Gasteiger partial charge in [-0.3, -0.25) is 9.87 Å². The molecule has 158 valence electrons. The number of aliphatic hydroxyl groups excluding tert-OH is 1. The first-order valence-corrected chi connectivity index (χ1v) is 11.9. The molecule has 0 saturated heterocycles. The minimum Gasteiger partial charge on any atom is -0.461 e. The van der Waals surface area contributed by atoms with Crippen molar-refractivity contribution in [3.63, 3.8) is 0 Å². The lowest BCUT2D eigenvalue weighted by Gasteiger charge is -2.22. The van der Waals surface area contributed by atoms with Crippen molar-refractivity contribution < 1.29 is 22.5 Å². The van der Waals surface area contributed by atoms with Crippen molar-refractivity contribution in [2.45, 2.75) is 102 Å². The maximum Gasteiger partial charge on any atom is 0.272 e. The summed E-state index contributed by atoms with van der Waals surface area (Å²) in [4.78, 5) is 0. The van der Waals surface area contributed by atoms with Crippen LogP contribution in [0.4, 0.5) is 0 Å². The van der Waals surface area contributed by atoms with Crippen molar-refractivity contribution in [1.82, 2.24) is 5.32 Å². The molecule has 0 fully saturated rings. The van der Waals surface area contributed by atoms with Gasteiger partial charge in [-0.2, -0.15) is 8.42 Å². The number of rotatable bonds is 16. The summed E-state index contributed by atoms with van der Waals surface area (Å²) in [6, 6.07) is 3.22. The van der Waals surface area contributed by atoms with Crippen LogP contribution in [-0.2, 0) is 15.9 Å². The number of hydrogen-bond donors (Lipinski definition) is 3. The van der Waals surface area contributed by atoms with E-state index in [-0.39, 0.29) is 17.6 Å². The Hall–Kier alpha value is -0.890. The zero-order valence-electron chi connectivity index (χ0n) is 16.8. The molecular weight excluding hydrogens is 366 g/mol. The molecule has 0 aromatic carbocycles. The number of hydrogen-bond acceptors (Lipinski definition) is 5. The molecule has 0 aliphatic carbocycles. The second-order valence-electron chi connectivity index (χ2n) is 7.35. The van der Waals surface area contributed by atoms with E-state index in [4.69, 9.17) is 8.97 Å². The Bertz CT molecular complexity index is 599. The van der Waals surface area contributed by atoms with Gasteiger partial charge in [-0.15, -0.1) is 0 Å². The van der Waals surface area contributed by atoms with Crippen molar-refractivity contribution in [1.29, 1.82) is 0 Å². The first kappa shape index (κ1) is 24.1. The fourth-order valence-electron chi connectivity index (χ4n) is 3.23. The van der Waals surface area contributed by atoms with Crippen molar-refractivity contribution in [2.75, 3.05) is 0 Å². The lowest BCUT2D eigenvalue weighted by atomic mass is 10.0. The third kappa shape index (κ3) is 11.5. The van der Waals surface area contributed by atoms with E-state index in [1.165, 1.54) is 51.0 Å². The number of unbranched alkanes of at least 4 members (excludes halogenated alkanes) is 7. The highest BCUT2D eigenvalue weighted by molar-refractivity contribution is 7.84. The summed E-state index contributed by atoms with van der Waals surface area (Å²) in [5.74, 6) is -0.192. The molecule has 2 atom stereocenters. The van der Waals surface area contributed by atoms with Crippen molar-refractivity contribution in [3.8, 4) is 0 Å². The highest BCUT2D eigenvalue weighted by Crippen LogP contribution is 2.20. The van der Waals surface area contributed by atoms with Crippen LogP contribution in [0.5, 0.6) is 0 Å². The van der Waals surface area contributed by atoms with Crippen LogP contribution >= 0.6 is 0 Å². The smallest absolute Gasteiger partial charge is 0.272 e. The predicted octanol–water partition coefficient (Wildman–Crippen LogP) is 4.95. The minimum atomic E-state index is -4.15. The van der Waals surface area contributed by atoms with E-state index in [2.05, 4.69) is 19.2 Å². The molecular formula is C20H37NO5S. The number of nitrogens with one attached hydrogen (secondary N) is 1. The molecule has 1 aromatic heterocycles. The summed E-state index contributed by atoms with van der Waals surface area (Å²) in [7, 11) is -4.15. The van der Waals surface area contributed by atoms with Gasteiger partial charge in [0, 0.05) is 6.04 Å². The van der Waals surface area contributed by atoms with Crippen molar-refractivity contribution in [2.24, 2.45) is 0 Å². The first-order chi connectivity index (χ1) is 12.9. The van der Waals surface area contributed by atoms with Crippen molar-refractivity contribution >= 4 is 10.1 Å². The summed E-state index contributed by atoms with van der Waals surface area (Å²) in [5.41, 5.74) is 0. The van der Waals surface area contributed by atoms with Gasteiger partial charge >= 0.3 is 0 Å². The molecule has 0 radical (unpaired) electrons. The molecule has 0 aliphatic heterocycles. The summed E-state index contributed by atoms with van der Waals surface area (Å²) in [6.45, 7) is 4.39. The van der Waals surface area contributed by atoms with Crippen LogP contribution in [0.15, 0.2) is 16.5 Å².